The molecule has 0 aliphatic rings. The highest BCUT2D eigenvalue weighted by Gasteiger charge is 2.16. The number of aryl methyl sites for hydroxylation is 1. The van der Waals surface area contributed by atoms with Crippen LogP contribution in [0.4, 0.5) is 0 Å². The summed E-state index contributed by atoms with van der Waals surface area (Å²) < 4.78 is 7.37. The molecule has 0 radical (unpaired) electrons. The molecule has 21 heavy (non-hydrogen) atoms. The second-order valence-corrected chi connectivity index (χ2v) is 5.41. The molecule has 0 saturated carbocycles. The molecule has 1 aromatic carbocycles. The predicted octanol–water partition coefficient (Wildman–Crippen LogP) is 2.33. The summed E-state index contributed by atoms with van der Waals surface area (Å²) in [4.78, 5) is 2.20. The first kappa shape index (κ1) is 15.7. The summed E-state index contributed by atoms with van der Waals surface area (Å²) in [6.07, 6.45) is 0.915. The summed E-state index contributed by atoms with van der Waals surface area (Å²) in [5.41, 5.74) is 0. The maximum Gasteiger partial charge on any atom is 0.167 e. The Balaban J connectivity index is 1.74. The summed E-state index contributed by atoms with van der Waals surface area (Å²) in [7, 11) is 3.90. The van der Waals surface area contributed by atoms with E-state index in [0.717, 1.165) is 24.5 Å². The molecule has 6 nitrogen and oxygen atoms in total. The van der Waals surface area contributed by atoms with Crippen LogP contribution in [-0.2, 0) is 7.05 Å². The van der Waals surface area contributed by atoms with Crippen LogP contribution in [0.1, 0.15) is 25.2 Å². The molecule has 1 heterocycles. The second kappa shape index (κ2) is 7.38. The van der Waals surface area contributed by atoms with E-state index in [9.17, 15) is 0 Å². The second-order valence-electron chi connectivity index (χ2n) is 4.98. The number of benzene rings is 1. The molecule has 0 saturated heterocycles. The van der Waals surface area contributed by atoms with Crippen molar-refractivity contribution >= 4 is 11.6 Å². The molecule has 0 unspecified atom stereocenters. The highest BCUT2D eigenvalue weighted by molar-refractivity contribution is 6.30. The van der Waals surface area contributed by atoms with E-state index in [1.54, 1.807) is 4.68 Å². The highest BCUT2D eigenvalue weighted by Crippen LogP contribution is 2.18. The van der Waals surface area contributed by atoms with E-state index < -0.39 is 0 Å². The Kier molecular flexibility index (Phi) is 5.52. The summed E-state index contributed by atoms with van der Waals surface area (Å²) >= 11 is 5.91. The van der Waals surface area contributed by atoms with Crippen molar-refractivity contribution < 1.29 is 4.74 Å². The highest BCUT2D eigenvalue weighted by atomic mass is 35.5. The zero-order valence-corrected chi connectivity index (χ0v) is 13.3. The maximum atomic E-state index is 5.91. The van der Waals surface area contributed by atoms with Gasteiger partial charge in [0.2, 0.25) is 0 Å². The first-order valence-corrected chi connectivity index (χ1v) is 7.26. The van der Waals surface area contributed by atoms with Gasteiger partial charge in [-0.3, -0.25) is 4.90 Å². The van der Waals surface area contributed by atoms with Crippen LogP contribution in [-0.4, -0.2) is 45.3 Å². The topological polar surface area (TPSA) is 56.1 Å². The lowest BCUT2D eigenvalue weighted by atomic mass is 10.2. The molecule has 2 rings (SSSR count). The van der Waals surface area contributed by atoms with Gasteiger partial charge in [-0.25, -0.2) is 4.68 Å². The van der Waals surface area contributed by atoms with Crippen LogP contribution in [0.2, 0.25) is 5.02 Å². The predicted molar refractivity (Wildman–Crippen MR) is 81.4 cm³/mol. The minimum absolute atomic E-state index is 0.163. The van der Waals surface area contributed by atoms with Crippen molar-refractivity contribution in [3.05, 3.63) is 35.1 Å². The van der Waals surface area contributed by atoms with Crippen molar-refractivity contribution in [2.45, 2.75) is 19.4 Å². The first-order chi connectivity index (χ1) is 10.1. The average Bonchev–Trinajstić information content (AvgIpc) is 2.89. The Morgan fingerprint density at radius 3 is 2.90 bits per heavy atom. The summed E-state index contributed by atoms with van der Waals surface area (Å²) in [6.45, 7) is 3.63. The Hall–Kier alpha value is -1.66. The van der Waals surface area contributed by atoms with Gasteiger partial charge in [0, 0.05) is 18.6 Å². The molecular weight excluding hydrogens is 290 g/mol. The smallest absolute Gasteiger partial charge is 0.167 e. The quantitative estimate of drug-likeness (QED) is 0.735. The molecule has 0 spiro atoms. The lowest BCUT2D eigenvalue weighted by Gasteiger charge is -2.23. The largest absolute Gasteiger partial charge is 0.493 e. The molecule has 0 aliphatic heterocycles. The summed E-state index contributed by atoms with van der Waals surface area (Å²) in [5, 5.41) is 12.2. The third-order valence-electron chi connectivity index (χ3n) is 3.41. The van der Waals surface area contributed by atoms with E-state index in [1.165, 1.54) is 0 Å². The van der Waals surface area contributed by atoms with Crippen LogP contribution in [0, 0.1) is 0 Å². The van der Waals surface area contributed by atoms with Crippen molar-refractivity contribution in [2.75, 3.05) is 20.2 Å². The fraction of sp³-hybridized carbons (Fsp3) is 0.500. The number of nitrogens with zero attached hydrogens (tertiary/aromatic N) is 5. The van der Waals surface area contributed by atoms with Crippen LogP contribution in [0.5, 0.6) is 5.75 Å². The molecule has 1 aromatic heterocycles. The molecule has 0 fully saturated rings. The van der Waals surface area contributed by atoms with Gasteiger partial charge in [-0.2, -0.15) is 0 Å². The minimum atomic E-state index is 0.163. The molecule has 0 N–H and O–H groups in total. The Morgan fingerprint density at radius 2 is 2.24 bits per heavy atom. The van der Waals surface area contributed by atoms with Gasteiger partial charge in [0.1, 0.15) is 5.75 Å². The van der Waals surface area contributed by atoms with Crippen LogP contribution >= 0.6 is 11.6 Å². The number of hydrogen-bond donors (Lipinski definition) is 0. The molecule has 0 bridgehead atoms. The van der Waals surface area contributed by atoms with Gasteiger partial charge in [0.15, 0.2) is 5.82 Å². The fourth-order valence-electron chi connectivity index (χ4n) is 2.04. The minimum Gasteiger partial charge on any atom is -0.493 e. The lowest BCUT2D eigenvalue weighted by Crippen LogP contribution is -2.26. The fourth-order valence-corrected chi connectivity index (χ4v) is 2.22. The SMILES string of the molecule is C[C@@H](c1nnnn1C)N(C)CCCOc1cccc(Cl)c1. The molecule has 1 atom stereocenters. The number of rotatable bonds is 7. The standard InChI is InChI=1S/C14H20ClN5O/c1-11(14-16-17-18-20(14)3)19(2)8-5-9-21-13-7-4-6-12(15)10-13/h4,6-7,10-11H,5,8-9H2,1-3H3/t11-/m0/s1. The van der Waals surface area contributed by atoms with E-state index in [1.807, 2.05) is 31.3 Å². The van der Waals surface area contributed by atoms with Crippen molar-refractivity contribution in [3.8, 4) is 5.75 Å². The van der Waals surface area contributed by atoms with Crippen molar-refractivity contribution in [3.63, 3.8) is 0 Å². The van der Waals surface area contributed by atoms with Crippen LogP contribution in [0.25, 0.3) is 0 Å². The number of halogens is 1. The van der Waals surface area contributed by atoms with E-state index >= 15 is 0 Å². The molecular formula is C14H20ClN5O. The summed E-state index contributed by atoms with van der Waals surface area (Å²) in [5.74, 6) is 1.66. The number of tetrazole rings is 1. The number of aromatic nitrogens is 4. The zero-order valence-electron chi connectivity index (χ0n) is 12.5. The van der Waals surface area contributed by atoms with Gasteiger partial charge in [-0.15, -0.1) is 5.10 Å². The zero-order chi connectivity index (χ0) is 15.2. The normalized spacial score (nSPS) is 12.6. The number of hydrogen-bond acceptors (Lipinski definition) is 5. The van der Waals surface area contributed by atoms with Crippen LogP contribution in [0.15, 0.2) is 24.3 Å². The molecule has 114 valence electrons. The molecule has 2 aromatic rings. The van der Waals surface area contributed by atoms with Crippen molar-refractivity contribution in [1.82, 2.24) is 25.1 Å². The number of ether oxygens (including phenoxy) is 1. The van der Waals surface area contributed by atoms with E-state index in [2.05, 4.69) is 34.4 Å². The molecule has 0 aliphatic carbocycles. The van der Waals surface area contributed by atoms with Gasteiger partial charge in [0.25, 0.3) is 0 Å². The average molecular weight is 310 g/mol. The van der Waals surface area contributed by atoms with Gasteiger partial charge in [-0.05, 0) is 49.0 Å². The van der Waals surface area contributed by atoms with E-state index in [0.29, 0.717) is 11.6 Å². The lowest BCUT2D eigenvalue weighted by molar-refractivity contribution is 0.217. The van der Waals surface area contributed by atoms with Crippen LogP contribution < -0.4 is 4.74 Å². The molecule has 7 heteroatoms. The molecule has 0 amide bonds. The van der Waals surface area contributed by atoms with Crippen molar-refractivity contribution in [1.29, 1.82) is 0 Å². The maximum absolute atomic E-state index is 5.91. The summed E-state index contributed by atoms with van der Waals surface area (Å²) in [6, 6.07) is 7.60. The van der Waals surface area contributed by atoms with E-state index in [-0.39, 0.29) is 6.04 Å². The van der Waals surface area contributed by atoms with Gasteiger partial charge >= 0.3 is 0 Å². The third kappa shape index (κ3) is 4.41. The van der Waals surface area contributed by atoms with Gasteiger partial charge in [0.05, 0.1) is 12.6 Å². The monoisotopic (exact) mass is 309 g/mol. The third-order valence-corrected chi connectivity index (χ3v) is 3.64. The van der Waals surface area contributed by atoms with Gasteiger partial charge in [-0.1, -0.05) is 17.7 Å². The van der Waals surface area contributed by atoms with Crippen molar-refractivity contribution in [2.24, 2.45) is 7.05 Å². The Labute approximate surface area is 129 Å². The Bertz CT molecular complexity index is 574. The van der Waals surface area contributed by atoms with E-state index in [4.69, 9.17) is 16.3 Å². The first-order valence-electron chi connectivity index (χ1n) is 6.89. The van der Waals surface area contributed by atoms with Crippen LogP contribution in [0.3, 0.4) is 0 Å². The van der Waals surface area contributed by atoms with Gasteiger partial charge < -0.3 is 4.74 Å². The Morgan fingerprint density at radius 1 is 1.43 bits per heavy atom.